The summed E-state index contributed by atoms with van der Waals surface area (Å²) in [6, 6.07) is 13.2. The lowest BCUT2D eigenvalue weighted by molar-refractivity contribution is 0.403. The van der Waals surface area contributed by atoms with Crippen molar-refractivity contribution >= 4 is 35.9 Å². The third-order valence-corrected chi connectivity index (χ3v) is 4.35. The molecule has 2 aromatic rings. The molecule has 0 aliphatic rings. The van der Waals surface area contributed by atoms with Gasteiger partial charge in [0.1, 0.15) is 5.75 Å². The van der Waals surface area contributed by atoms with Gasteiger partial charge >= 0.3 is 7.12 Å². The van der Waals surface area contributed by atoms with Gasteiger partial charge < -0.3 is 14.8 Å². The lowest BCUT2D eigenvalue weighted by atomic mass is 9.79. The number of thioether (sulfide) groups is 1. The number of rotatable bonds is 6. The molecule has 0 unspecified atom stereocenters. The second kappa shape index (κ2) is 7.75. The van der Waals surface area contributed by atoms with Gasteiger partial charge in [0.05, 0.1) is 7.11 Å². The molecule has 0 aromatic heterocycles. The van der Waals surface area contributed by atoms with Gasteiger partial charge in [-0.1, -0.05) is 35.9 Å². The molecule has 0 bridgehead atoms. The maximum absolute atomic E-state index is 9.35. The van der Waals surface area contributed by atoms with Gasteiger partial charge in [-0.15, -0.1) is 0 Å². The first-order chi connectivity index (χ1) is 10.1. The number of hydrogen-bond donors (Lipinski definition) is 2. The normalized spacial score (nSPS) is 10.5. The molecule has 0 aliphatic carbocycles. The molecular formula is C15H16BClO3S. The van der Waals surface area contributed by atoms with Crippen LogP contribution in [-0.2, 0) is 11.5 Å². The van der Waals surface area contributed by atoms with E-state index in [-0.39, 0.29) is 0 Å². The summed E-state index contributed by atoms with van der Waals surface area (Å²) >= 11 is 7.60. The number of ether oxygens (including phenoxy) is 1. The Kier molecular flexibility index (Phi) is 6.00. The zero-order valence-electron chi connectivity index (χ0n) is 11.6. The van der Waals surface area contributed by atoms with Crippen LogP contribution in [0.25, 0.3) is 0 Å². The third-order valence-electron chi connectivity index (χ3n) is 3.02. The largest absolute Gasteiger partial charge is 0.497 e. The van der Waals surface area contributed by atoms with Crippen molar-refractivity contribution in [2.24, 2.45) is 0 Å². The summed E-state index contributed by atoms with van der Waals surface area (Å²) in [5.41, 5.74) is 2.63. The Labute approximate surface area is 134 Å². The highest BCUT2D eigenvalue weighted by Crippen LogP contribution is 2.20. The Bertz CT molecular complexity index is 590. The second-order valence-electron chi connectivity index (χ2n) is 4.57. The van der Waals surface area contributed by atoms with Crippen LogP contribution in [0.3, 0.4) is 0 Å². The van der Waals surface area contributed by atoms with Crippen molar-refractivity contribution in [2.75, 3.05) is 7.11 Å². The molecule has 21 heavy (non-hydrogen) atoms. The van der Waals surface area contributed by atoms with Crippen molar-refractivity contribution in [1.82, 2.24) is 0 Å². The molecule has 0 saturated heterocycles. The lowest BCUT2D eigenvalue weighted by Gasteiger charge is -2.10. The van der Waals surface area contributed by atoms with Gasteiger partial charge in [0, 0.05) is 22.0 Å². The number of benzene rings is 2. The van der Waals surface area contributed by atoms with E-state index in [2.05, 4.69) is 0 Å². The second-order valence-corrected chi connectivity index (χ2v) is 5.99. The fraction of sp³-hybridized carbons (Fsp3) is 0.200. The monoisotopic (exact) mass is 322 g/mol. The Hall–Kier alpha value is -1.14. The van der Waals surface area contributed by atoms with Crippen LogP contribution in [0.4, 0.5) is 0 Å². The van der Waals surface area contributed by atoms with Gasteiger partial charge in [-0.2, -0.15) is 11.8 Å². The highest BCUT2D eigenvalue weighted by Gasteiger charge is 2.17. The first kappa shape index (κ1) is 16.2. The molecule has 2 N–H and O–H groups in total. The van der Waals surface area contributed by atoms with E-state index >= 15 is 0 Å². The van der Waals surface area contributed by atoms with E-state index in [1.165, 1.54) is 12.7 Å². The molecule has 3 nitrogen and oxygen atoms in total. The molecule has 0 aliphatic heterocycles. The van der Waals surface area contributed by atoms with Gasteiger partial charge in [-0.05, 0) is 29.3 Å². The number of hydrogen-bond acceptors (Lipinski definition) is 4. The topological polar surface area (TPSA) is 49.7 Å². The van der Waals surface area contributed by atoms with Crippen LogP contribution in [0.1, 0.15) is 11.1 Å². The smallest absolute Gasteiger partial charge is 0.492 e. The molecule has 0 radical (unpaired) electrons. The molecule has 2 aromatic carbocycles. The van der Waals surface area contributed by atoms with E-state index in [0.717, 1.165) is 22.1 Å². The predicted octanol–water partition coefficient (Wildman–Crippen LogP) is 2.46. The van der Waals surface area contributed by atoms with Crippen molar-refractivity contribution in [3.63, 3.8) is 0 Å². The van der Waals surface area contributed by atoms with E-state index in [1.54, 1.807) is 23.9 Å². The van der Waals surface area contributed by atoms with Crippen LogP contribution in [0, 0.1) is 0 Å². The highest BCUT2D eigenvalue weighted by molar-refractivity contribution is 7.97. The van der Waals surface area contributed by atoms with Crippen molar-refractivity contribution in [3.8, 4) is 5.75 Å². The summed E-state index contributed by atoms with van der Waals surface area (Å²) in [5.74, 6) is 2.14. The average molecular weight is 323 g/mol. The summed E-state index contributed by atoms with van der Waals surface area (Å²) in [4.78, 5) is 0. The molecule has 2 rings (SSSR count). The SMILES string of the molecule is COc1ccc(CSCc2ccc(Cl)cc2)cc1B(O)O. The zero-order valence-corrected chi connectivity index (χ0v) is 13.2. The number of methoxy groups -OCH3 is 1. The van der Waals surface area contributed by atoms with Crippen molar-refractivity contribution < 1.29 is 14.8 Å². The first-order valence-electron chi connectivity index (χ1n) is 6.45. The quantitative estimate of drug-likeness (QED) is 0.802. The molecule has 0 heterocycles. The minimum absolute atomic E-state index is 0.391. The third kappa shape index (κ3) is 4.68. The van der Waals surface area contributed by atoms with Gasteiger partial charge in [-0.25, -0.2) is 0 Å². The predicted molar refractivity (Wildman–Crippen MR) is 89.3 cm³/mol. The van der Waals surface area contributed by atoms with E-state index in [0.29, 0.717) is 11.2 Å². The van der Waals surface area contributed by atoms with Crippen LogP contribution >= 0.6 is 23.4 Å². The van der Waals surface area contributed by atoms with E-state index in [4.69, 9.17) is 16.3 Å². The lowest BCUT2D eigenvalue weighted by Crippen LogP contribution is -2.31. The fourth-order valence-electron chi connectivity index (χ4n) is 1.94. The standard InChI is InChI=1S/C15H16BClO3S/c1-20-15-7-4-12(8-14(15)16(18)19)10-21-9-11-2-5-13(17)6-3-11/h2-8,18-19H,9-10H2,1H3. The molecule has 0 atom stereocenters. The molecule has 110 valence electrons. The molecular weight excluding hydrogens is 306 g/mol. The van der Waals surface area contributed by atoms with E-state index in [1.807, 2.05) is 30.3 Å². The minimum Gasteiger partial charge on any atom is -0.497 e. The summed E-state index contributed by atoms with van der Waals surface area (Å²) in [6.07, 6.45) is 0. The number of halogens is 1. The Morgan fingerprint density at radius 2 is 1.67 bits per heavy atom. The van der Waals surface area contributed by atoms with Gasteiger partial charge in [-0.3, -0.25) is 0 Å². The summed E-state index contributed by atoms with van der Waals surface area (Å²) in [6.45, 7) is 0. The molecule has 0 spiro atoms. The molecule has 0 amide bonds. The molecule has 0 saturated carbocycles. The van der Waals surface area contributed by atoms with Gasteiger partial charge in [0.25, 0.3) is 0 Å². The summed E-state index contributed by atoms with van der Waals surface area (Å²) in [5, 5.41) is 19.4. The first-order valence-corrected chi connectivity index (χ1v) is 7.98. The maximum Gasteiger partial charge on any atom is 0.492 e. The Morgan fingerprint density at radius 1 is 1.05 bits per heavy atom. The average Bonchev–Trinajstić information content (AvgIpc) is 2.49. The van der Waals surface area contributed by atoms with Crippen LogP contribution < -0.4 is 10.2 Å². The Balaban J connectivity index is 1.97. The fourth-order valence-corrected chi connectivity index (χ4v) is 3.01. The minimum atomic E-state index is -1.53. The van der Waals surface area contributed by atoms with Crippen molar-refractivity contribution in [1.29, 1.82) is 0 Å². The van der Waals surface area contributed by atoms with Crippen LogP contribution in [-0.4, -0.2) is 24.3 Å². The van der Waals surface area contributed by atoms with E-state index < -0.39 is 7.12 Å². The molecule has 0 fully saturated rings. The van der Waals surface area contributed by atoms with Crippen LogP contribution in [0.5, 0.6) is 5.75 Å². The van der Waals surface area contributed by atoms with Gasteiger partial charge in [0.2, 0.25) is 0 Å². The highest BCUT2D eigenvalue weighted by atomic mass is 35.5. The van der Waals surface area contributed by atoms with Crippen LogP contribution in [0.15, 0.2) is 42.5 Å². The van der Waals surface area contributed by atoms with Crippen molar-refractivity contribution in [2.45, 2.75) is 11.5 Å². The summed E-state index contributed by atoms with van der Waals surface area (Å²) < 4.78 is 5.11. The van der Waals surface area contributed by atoms with Gasteiger partial charge in [0.15, 0.2) is 0 Å². The molecule has 6 heteroatoms. The summed E-state index contributed by atoms with van der Waals surface area (Å²) in [7, 11) is -0.0166. The maximum atomic E-state index is 9.35. The van der Waals surface area contributed by atoms with Crippen LogP contribution in [0.2, 0.25) is 5.02 Å². The van der Waals surface area contributed by atoms with Crippen molar-refractivity contribution in [3.05, 3.63) is 58.6 Å². The zero-order chi connectivity index (χ0) is 15.2. The Morgan fingerprint density at radius 3 is 2.29 bits per heavy atom. The van der Waals surface area contributed by atoms with E-state index in [9.17, 15) is 10.0 Å².